The first-order chi connectivity index (χ1) is 13.2. The van der Waals surface area contributed by atoms with Crippen molar-refractivity contribution in [3.05, 3.63) is 52.8 Å². The standard InChI is InChI=1S/C19H19ClF3N3O2/c1-18(6-7-28-11-18)17(27)25-10-16-14(20)8-12(9-24-16)26-15-5-3-2-4-13(15)19(21,22)23/h2-5,8-9,26H,6-7,10-11H2,1H3,(H,25,27)/t18-/m1/s1. The van der Waals surface area contributed by atoms with E-state index < -0.39 is 17.2 Å². The number of carbonyl (C=O) groups is 1. The number of halogens is 4. The summed E-state index contributed by atoms with van der Waals surface area (Å²) in [5.41, 5.74) is -0.715. The van der Waals surface area contributed by atoms with E-state index in [2.05, 4.69) is 15.6 Å². The molecule has 0 radical (unpaired) electrons. The summed E-state index contributed by atoms with van der Waals surface area (Å²) < 4.78 is 44.6. The predicted molar refractivity (Wildman–Crippen MR) is 99.4 cm³/mol. The molecule has 1 fully saturated rings. The van der Waals surface area contributed by atoms with Gasteiger partial charge in [0.1, 0.15) is 0 Å². The monoisotopic (exact) mass is 413 g/mol. The van der Waals surface area contributed by atoms with Gasteiger partial charge in [-0.1, -0.05) is 23.7 Å². The number of hydrogen-bond donors (Lipinski definition) is 2. The number of para-hydroxylation sites is 1. The summed E-state index contributed by atoms with van der Waals surface area (Å²) in [5, 5.41) is 5.72. The van der Waals surface area contributed by atoms with Crippen LogP contribution >= 0.6 is 11.6 Å². The van der Waals surface area contributed by atoms with Crippen LogP contribution in [-0.2, 0) is 22.3 Å². The van der Waals surface area contributed by atoms with E-state index in [1.54, 1.807) is 0 Å². The molecule has 0 unspecified atom stereocenters. The molecule has 0 saturated carbocycles. The molecule has 0 bridgehead atoms. The summed E-state index contributed by atoms with van der Waals surface area (Å²) >= 11 is 6.20. The molecule has 9 heteroatoms. The van der Waals surface area contributed by atoms with E-state index in [1.165, 1.54) is 30.5 Å². The Morgan fingerprint density at radius 1 is 1.36 bits per heavy atom. The van der Waals surface area contributed by atoms with Crippen molar-refractivity contribution in [2.24, 2.45) is 5.41 Å². The van der Waals surface area contributed by atoms with Crippen LogP contribution in [0, 0.1) is 5.41 Å². The number of benzene rings is 1. The van der Waals surface area contributed by atoms with Crippen molar-refractivity contribution in [3.8, 4) is 0 Å². The number of rotatable bonds is 5. The molecule has 1 aliphatic heterocycles. The molecule has 2 heterocycles. The first-order valence-electron chi connectivity index (χ1n) is 8.63. The van der Waals surface area contributed by atoms with Crippen molar-refractivity contribution in [2.75, 3.05) is 18.5 Å². The Hall–Kier alpha value is -2.32. The number of hydrogen-bond acceptors (Lipinski definition) is 4. The maximum absolute atomic E-state index is 13.1. The minimum absolute atomic E-state index is 0.0944. The Labute approximate surface area is 165 Å². The van der Waals surface area contributed by atoms with E-state index in [0.29, 0.717) is 31.0 Å². The topological polar surface area (TPSA) is 63.2 Å². The van der Waals surface area contributed by atoms with E-state index in [9.17, 15) is 18.0 Å². The van der Waals surface area contributed by atoms with Crippen molar-refractivity contribution in [3.63, 3.8) is 0 Å². The minimum atomic E-state index is -4.48. The van der Waals surface area contributed by atoms with Crippen LogP contribution in [0.2, 0.25) is 5.02 Å². The Kier molecular flexibility index (Phi) is 5.81. The second-order valence-corrected chi connectivity index (χ2v) is 7.27. The molecule has 1 amide bonds. The first kappa shape index (κ1) is 20.4. The molecule has 2 N–H and O–H groups in total. The zero-order valence-electron chi connectivity index (χ0n) is 15.1. The second-order valence-electron chi connectivity index (χ2n) is 6.87. The summed E-state index contributed by atoms with van der Waals surface area (Å²) in [5.74, 6) is -0.149. The molecular formula is C19H19ClF3N3O2. The fourth-order valence-corrected chi connectivity index (χ4v) is 3.12. The SMILES string of the molecule is C[C@@]1(C(=O)NCc2ncc(Nc3ccccc3C(F)(F)F)cc2Cl)CCOC1. The van der Waals surface area contributed by atoms with Crippen LogP contribution in [0.5, 0.6) is 0 Å². The number of pyridine rings is 1. The zero-order chi connectivity index (χ0) is 20.4. The zero-order valence-corrected chi connectivity index (χ0v) is 15.8. The molecule has 5 nitrogen and oxygen atoms in total. The van der Waals surface area contributed by atoms with Crippen molar-refractivity contribution in [1.29, 1.82) is 0 Å². The van der Waals surface area contributed by atoms with Crippen LogP contribution in [0.15, 0.2) is 36.5 Å². The van der Waals surface area contributed by atoms with Crippen molar-refractivity contribution < 1.29 is 22.7 Å². The van der Waals surface area contributed by atoms with Crippen LogP contribution in [0.3, 0.4) is 0 Å². The molecule has 150 valence electrons. The minimum Gasteiger partial charge on any atom is -0.380 e. The molecule has 1 aromatic heterocycles. The molecule has 3 rings (SSSR count). The lowest BCUT2D eigenvalue weighted by Crippen LogP contribution is -2.39. The van der Waals surface area contributed by atoms with E-state index >= 15 is 0 Å². The van der Waals surface area contributed by atoms with Crippen LogP contribution in [0.4, 0.5) is 24.5 Å². The van der Waals surface area contributed by atoms with Gasteiger partial charge in [-0.05, 0) is 31.5 Å². The number of aromatic nitrogens is 1. The summed E-state index contributed by atoms with van der Waals surface area (Å²) in [7, 11) is 0. The Balaban J connectivity index is 1.69. The Bertz CT molecular complexity index is 868. The lowest BCUT2D eigenvalue weighted by Gasteiger charge is -2.20. The molecule has 1 aromatic carbocycles. The van der Waals surface area contributed by atoms with Gasteiger partial charge in [0.05, 0.1) is 52.4 Å². The van der Waals surface area contributed by atoms with Gasteiger partial charge < -0.3 is 15.4 Å². The van der Waals surface area contributed by atoms with Gasteiger partial charge in [-0.15, -0.1) is 0 Å². The van der Waals surface area contributed by atoms with Crippen molar-refractivity contribution >= 4 is 28.9 Å². The fourth-order valence-electron chi connectivity index (χ4n) is 2.88. The number of nitrogens with zero attached hydrogens (tertiary/aromatic N) is 1. The van der Waals surface area contributed by atoms with Crippen LogP contribution < -0.4 is 10.6 Å². The molecule has 1 saturated heterocycles. The summed E-state index contributed by atoms with van der Waals surface area (Å²) in [4.78, 5) is 16.5. The molecule has 1 atom stereocenters. The van der Waals surface area contributed by atoms with Crippen molar-refractivity contribution in [1.82, 2.24) is 10.3 Å². The van der Waals surface area contributed by atoms with Gasteiger partial charge in [0.2, 0.25) is 5.91 Å². The largest absolute Gasteiger partial charge is 0.418 e. The third kappa shape index (κ3) is 4.56. The molecular weight excluding hydrogens is 395 g/mol. The highest BCUT2D eigenvalue weighted by Crippen LogP contribution is 2.36. The van der Waals surface area contributed by atoms with Crippen LogP contribution in [-0.4, -0.2) is 24.1 Å². The summed E-state index contributed by atoms with van der Waals surface area (Å²) in [6, 6.07) is 6.62. The van der Waals surface area contributed by atoms with Gasteiger partial charge in [-0.2, -0.15) is 13.2 Å². The van der Waals surface area contributed by atoms with Gasteiger partial charge in [-0.25, -0.2) is 0 Å². The van der Waals surface area contributed by atoms with Gasteiger partial charge in [0.25, 0.3) is 0 Å². The lowest BCUT2D eigenvalue weighted by atomic mass is 9.89. The molecule has 2 aromatic rings. The predicted octanol–water partition coefficient (Wildman–Crippen LogP) is 4.54. The number of nitrogens with one attached hydrogen (secondary N) is 2. The summed E-state index contributed by atoms with van der Waals surface area (Å²) in [6.45, 7) is 2.85. The molecule has 0 aliphatic carbocycles. The molecule has 0 spiro atoms. The Morgan fingerprint density at radius 3 is 2.75 bits per heavy atom. The van der Waals surface area contributed by atoms with Gasteiger partial charge in [0.15, 0.2) is 0 Å². The third-order valence-corrected chi connectivity index (χ3v) is 4.94. The van der Waals surface area contributed by atoms with Gasteiger partial charge >= 0.3 is 6.18 Å². The van der Waals surface area contributed by atoms with Crippen LogP contribution in [0.25, 0.3) is 0 Å². The normalized spacial score (nSPS) is 19.5. The average molecular weight is 414 g/mol. The first-order valence-corrected chi connectivity index (χ1v) is 9.00. The third-order valence-electron chi connectivity index (χ3n) is 4.61. The molecule has 1 aliphatic rings. The van der Waals surface area contributed by atoms with E-state index in [0.717, 1.165) is 6.07 Å². The maximum Gasteiger partial charge on any atom is 0.418 e. The van der Waals surface area contributed by atoms with E-state index in [-0.39, 0.29) is 23.2 Å². The highest BCUT2D eigenvalue weighted by Gasteiger charge is 2.37. The summed E-state index contributed by atoms with van der Waals surface area (Å²) in [6.07, 6.45) is -2.46. The quantitative estimate of drug-likeness (QED) is 0.755. The number of alkyl halides is 3. The lowest BCUT2D eigenvalue weighted by molar-refractivity contribution is -0.137. The van der Waals surface area contributed by atoms with E-state index in [4.69, 9.17) is 16.3 Å². The second kappa shape index (κ2) is 7.97. The maximum atomic E-state index is 13.1. The average Bonchev–Trinajstić information content (AvgIpc) is 3.08. The number of ether oxygens (including phenoxy) is 1. The fraction of sp³-hybridized carbons (Fsp3) is 0.368. The number of anilines is 2. The van der Waals surface area contributed by atoms with Gasteiger partial charge in [-0.3, -0.25) is 9.78 Å². The van der Waals surface area contributed by atoms with Crippen molar-refractivity contribution in [2.45, 2.75) is 26.1 Å². The van der Waals surface area contributed by atoms with E-state index in [1.807, 2.05) is 6.92 Å². The number of amides is 1. The Morgan fingerprint density at radius 2 is 2.11 bits per heavy atom. The smallest absolute Gasteiger partial charge is 0.380 e. The van der Waals surface area contributed by atoms with Crippen LogP contribution in [0.1, 0.15) is 24.6 Å². The molecule has 28 heavy (non-hydrogen) atoms. The van der Waals surface area contributed by atoms with Gasteiger partial charge in [0, 0.05) is 6.61 Å². The highest BCUT2D eigenvalue weighted by atomic mass is 35.5. The number of carbonyl (C=O) groups excluding carboxylic acids is 1. The highest BCUT2D eigenvalue weighted by molar-refractivity contribution is 6.31.